The average Bonchev–Trinajstić information content (AvgIpc) is 2.35. The third kappa shape index (κ3) is 0.764. The molecule has 2 saturated heterocycles. The minimum Gasteiger partial charge on any atom is -0.379 e. The van der Waals surface area contributed by atoms with Gasteiger partial charge in [-0.1, -0.05) is 0 Å². The van der Waals surface area contributed by atoms with Gasteiger partial charge in [-0.05, 0) is 0 Å². The minimum atomic E-state index is 0.331. The predicted octanol–water partition coefficient (Wildman–Crippen LogP) is -1.07. The zero-order valence-corrected chi connectivity index (χ0v) is 5.34. The number of nitrogens with one attached hydrogen (secondary N) is 1. The van der Waals surface area contributed by atoms with Gasteiger partial charge in [0.2, 0.25) is 0 Å². The van der Waals surface area contributed by atoms with E-state index in [4.69, 9.17) is 10.5 Å². The third-order valence-corrected chi connectivity index (χ3v) is 2.29. The van der Waals surface area contributed by atoms with Crippen LogP contribution in [0.4, 0.5) is 0 Å². The molecule has 0 saturated carbocycles. The van der Waals surface area contributed by atoms with Crippen LogP contribution >= 0.6 is 0 Å². The van der Waals surface area contributed by atoms with Crippen LogP contribution in [0.2, 0.25) is 0 Å². The molecule has 0 bridgehead atoms. The van der Waals surface area contributed by atoms with E-state index >= 15 is 0 Å². The molecule has 0 aromatic rings. The van der Waals surface area contributed by atoms with E-state index in [2.05, 4.69) is 5.32 Å². The van der Waals surface area contributed by atoms with E-state index in [0.29, 0.717) is 18.0 Å². The largest absolute Gasteiger partial charge is 0.379 e. The summed E-state index contributed by atoms with van der Waals surface area (Å²) in [4.78, 5) is 0. The van der Waals surface area contributed by atoms with Crippen LogP contribution in [0.5, 0.6) is 0 Å². The summed E-state index contributed by atoms with van der Waals surface area (Å²) in [5, 5.41) is 3.32. The van der Waals surface area contributed by atoms with Crippen molar-refractivity contribution >= 4 is 0 Å². The quantitative estimate of drug-likeness (QED) is 0.437. The van der Waals surface area contributed by atoms with Crippen LogP contribution in [0.1, 0.15) is 0 Å². The molecule has 0 unspecified atom stereocenters. The molecule has 2 heterocycles. The molecule has 0 radical (unpaired) electrons. The molecule has 0 aromatic heterocycles. The third-order valence-electron chi connectivity index (χ3n) is 2.29. The molecule has 2 aliphatic rings. The van der Waals surface area contributed by atoms with Gasteiger partial charge in [-0.15, -0.1) is 0 Å². The van der Waals surface area contributed by atoms with E-state index in [1.807, 2.05) is 0 Å². The van der Waals surface area contributed by atoms with Crippen LogP contribution < -0.4 is 11.1 Å². The molecule has 3 heteroatoms. The number of fused-ring (bicyclic) bond motifs is 1. The molecule has 2 fully saturated rings. The molecular weight excluding hydrogens is 116 g/mol. The Morgan fingerprint density at radius 3 is 3.11 bits per heavy atom. The second kappa shape index (κ2) is 1.94. The number of ether oxygens (including phenoxy) is 1. The van der Waals surface area contributed by atoms with E-state index in [-0.39, 0.29) is 0 Å². The Balaban J connectivity index is 2.07. The smallest absolute Gasteiger partial charge is 0.0623 e. The number of rotatable bonds is 0. The van der Waals surface area contributed by atoms with E-state index in [1.54, 1.807) is 0 Å². The van der Waals surface area contributed by atoms with Crippen molar-refractivity contribution in [2.45, 2.75) is 12.1 Å². The van der Waals surface area contributed by atoms with Gasteiger partial charge in [0, 0.05) is 24.5 Å². The highest BCUT2D eigenvalue weighted by Crippen LogP contribution is 2.20. The van der Waals surface area contributed by atoms with Crippen molar-refractivity contribution in [1.82, 2.24) is 5.32 Å². The molecule has 2 rings (SSSR count). The van der Waals surface area contributed by atoms with Gasteiger partial charge in [-0.25, -0.2) is 0 Å². The Bertz CT molecular complexity index is 118. The van der Waals surface area contributed by atoms with E-state index in [0.717, 1.165) is 19.8 Å². The Morgan fingerprint density at radius 2 is 2.33 bits per heavy atom. The summed E-state index contributed by atoms with van der Waals surface area (Å²) in [5.74, 6) is 0.588. The summed E-state index contributed by atoms with van der Waals surface area (Å²) in [5.41, 5.74) is 5.78. The topological polar surface area (TPSA) is 47.3 Å². The monoisotopic (exact) mass is 128 g/mol. The van der Waals surface area contributed by atoms with Gasteiger partial charge in [0.25, 0.3) is 0 Å². The summed E-state index contributed by atoms with van der Waals surface area (Å²) in [6, 6.07) is 0.887. The number of hydrogen-bond donors (Lipinski definition) is 2. The molecule has 0 aromatic carbocycles. The van der Waals surface area contributed by atoms with Crippen molar-refractivity contribution in [3.8, 4) is 0 Å². The molecule has 52 valence electrons. The normalized spacial score (nSPS) is 49.7. The maximum absolute atomic E-state index is 5.78. The van der Waals surface area contributed by atoms with E-state index in [1.165, 1.54) is 0 Å². The maximum Gasteiger partial charge on any atom is 0.0623 e. The van der Waals surface area contributed by atoms with Gasteiger partial charge in [-0.2, -0.15) is 0 Å². The molecule has 3 atom stereocenters. The minimum absolute atomic E-state index is 0.331. The van der Waals surface area contributed by atoms with Crippen LogP contribution in [0.25, 0.3) is 0 Å². The molecule has 0 aliphatic carbocycles. The van der Waals surface area contributed by atoms with E-state index in [9.17, 15) is 0 Å². The summed E-state index contributed by atoms with van der Waals surface area (Å²) in [6.45, 7) is 2.69. The van der Waals surface area contributed by atoms with Crippen LogP contribution in [0.15, 0.2) is 0 Å². The van der Waals surface area contributed by atoms with Gasteiger partial charge in [0.15, 0.2) is 0 Å². The predicted molar refractivity (Wildman–Crippen MR) is 34.1 cm³/mol. The fourth-order valence-electron chi connectivity index (χ4n) is 1.64. The highest BCUT2D eigenvalue weighted by molar-refractivity contribution is 4.95. The van der Waals surface area contributed by atoms with Crippen LogP contribution in [-0.2, 0) is 4.74 Å². The van der Waals surface area contributed by atoms with Crippen LogP contribution in [0, 0.1) is 5.92 Å². The SMILES string of the molecule is N[C@@H]1CN[C@@H]2COC[C@H]12. The molecule has 0 amide bonds. The Labute approximate surface area is 54.6 Å². The lowest BCUT2D eigenvalue weighted by molar-refractivity contribution is 0.174. The first-order valence-corrected chi connectivity index (χ1v) is 3.44. The molecule has 9 heavy (non-hydrogen) atoms. The standard InChI is InChI=1S/C6H12N2O/c7-5-1-8-6-3-9-2-4(5)6/h4-6,8H,1-3,7H2/t4-,5-,6-/m1/s1. The van der Waals surface area contributed by atoms with Crippen molar-refractivity contribution < 1.29 is 4.74 Å². The average molecular weight is 128 g/mol. The lowest BCUT2D eigenvalue weighted by atomic mass is 10.0. The molecular formula is C6H12N2O. The highest BCUT2D eigenvalue weighted by Gasteiger charge is 2.37. The van der Waals surface area contributed by atoms with Crippen molar-refractivity contribution in [1.29, 1.82) is 0 Å². The summed E-state index contributed by atoms with van der Waals surface area (Å²) < 4.78 is 5.24. The van der Waals surface area contributed by atoms with Gasteiger partial charge in [-0.3, -0.25) is 0 Å². The second-order valence-corrected chi connectivity index (χ2v) is 2.88. The number of hydrogen-bond acceptors (Lipinski definition) is 3. The summed E-state index contributed by atoms with van der Waals surface area (Å²) in [7, 11) is 0. The Morgan fingerprint density at radius 1 is 1.44 bits per heavy atom. The molecule has 2 aliphatic heterocycles. The van der Waals surface area contributed by atoms with Crippen molar-refractivity contribution in [2.24, 2.45) is 11.7 Å². The first-order valence-electron chi connectivity index (χ1n) is 3.44. The lowest BCUT2D eigenvalue weighted by Gasteiger charge is -2.08. The summed E-state index contributed by atoms with van der Waals surface area (Å²) >= 11 is 0. The molecule has 0 spiro atoms. The van der Waals surface area contributed by atoms with Crippen molar-refractivity contribution in [3.63, 3.8) is 0 Å². The first-order chi connectivity index (χ1) is 4.38. The highest BCUT2D eigenvalue weighted by atomic mass is 16.5. The lowest BCUT2D eigenvalue weighted by Crippen LogP contribution is -2.30. The Hall–Kier alpha value is -0.120. The fraction of sp³-hybridized carbons (Fsp3) is 1.00. The number of nitrogens with two attached hydrogens (primary N) is 1. The zero-order valence-electron chi connectivity index (χ0n) is 5.34. The van der Waals surface area contributed by atoms with Gasteiger partial charge >= 0.3 is 0 Å². The molecule has 3 N–H and O–H groups in total. The van der Waals surface area contributed by atoms with Gasteiger partial charge < -0.3 is 15.8 Å². The summed E-state index contributed by atoms with van der Waals surface area (Å²) in [6.07, 6.45) is 0. The fourth-order valence-corrected chi connectivity index (χ4v) is 1.64. The van der Waals surface area contributed by atoms with Gasteiger partial charge in [0.1, 0.15) is 0 Å². The zero-order chi connectivity index (χ0) is 6.27. The van der Waals surface area contributed by atoms with Crippen molar-refractivity contribution in [2.75, 3.05) is 19.8 Å². The van der Waals surface area contributed by atoms with Crippen LogP contribution in [0.3, 0.4) is 0 Å². The van der Waals surface area contributed by atoms with Crippen LogP contribution in [-0.4, -0.2) is 31.8 Å². The van der Waals surface area contributed by atoms with E-state index < -0.39 is 0 Å². The second-order valence-electron chi connectivity index (χ2n) is 2.88. The molecule has 3 nitrogen and oxygen atoms in total. The maximum atomic E-state index is 5.78. The first kappa shape index (κ1) is 5.65. The van der Waals surface area contributed by atoms with Crippen molar-refractivity contribution in [3.05, 3.63) is 0 Å². The Kier molecular flexibility index (Phi) is 1.22. The van der Waals surface area contributed by atoms with Gasteiger partial charge in [0.05, 0.1) is 13.2 Å².